The highest BCUT2D eigenvalue weighted by atomic mass is 16.5. The van der Waals surface area contributed by atoms with E-state index in [2.05, 4.69) is 0 Å². The van der Waals surface area contributed by atoms with Gasteiger partial charge in [0.1, 0.15) is 6.08 Å². The van der Waals surface area contributed by atoms with Crippen molar-refractivity contribution in [3.05, 3.63) is 60.8 Å². The van der Waals surface area contributed by atoms with Gasteiger partial charge in [-0.15, -0.1) is 0 Å². The first-order valence-corrected chi connectivity index (χ1v) is 6.97. The van der Waals surface area contributed by atoms with Gasteiger partial charge < -0.3 is 9.84 Å². The fourth-order valence-electron chi connectivity index (χ4n) is 2.62. The van der Waals surface area contributed by atoms with Crippen LogP contribution in [0.3, 0.4) is 0 Å². The highest BCUT2D eigenvalue weighted by molar-refractivity contribution is 6.12. The summed E-state index contributed by atoms with van der Waals surface area (Å²) in [6.45, 7) is 0. The lowest BCUT2D eigenvalue weighted by atomic mass is 10.1. The van der Waals surface area contributed by atoms with E-state index in [-0.39, 0.29) is 5.70 Å². The third kappa shape index (κ3) is 2.64. The topological polar surface area (TPSA) is 67.5 Å². The van der Waals surface area contributed by atoms with Gasteiger partial charge in [0.25, 0.3) is 0 Å². The summed E-state index contributed by atoms with van der Waals surface area (Å²) in [5.74, 6) is -1.92. The molecule has 5 heteroatoms. The Morgan fingerprint density at radius 1 is 1.04 bits per heavy atom. The smallest absolute Gasteiger partial charge is 0.404 e. The molecule has 0 aliphatic rings. The molecule has 0 fully saturated rings. The van der Waals surface area contributed by atoms with E-state index in [1.807, 2.05) is 48.5 Å². The molecule has 1 heterocycles. The largest absolute Gasteiger partial charge is 0.478 e. The van der Waals surface area contributed by atoms with Crippen LogP contribution in [0.25, 0.3) is 27.4 Å². The minimum atomic E-state index is -1.21. The van der Waals surface area contributed by atoms with E-state index in [1.54, 1.807) is 10.8 Å². The third-order valence-corrected chi connectivity index (χ3v) is 3.60. The summed E-state index contributed by atoms with van der Waals surface area (Å²) < 4.78 is 6.29. The average Bonchev–Trinajstić information content (AvgIpc) is 2.58. The van der Waals surface area contributed by atoms with Gasteiger partial charge in [-0.25, -0.2) is 9.59 Å². The molecule has 3 rings (SSSR count). The number of hydrogen-bond acceptors (Lipinski definition) is 3. The number of fused-ring (bicyclic) bond motifs is 3. The van der Waals surface area contributed by atoms with Crippen molar-refractivity contribution in [2.75, 3.05) is 7.11 Å². The van der Waals surface area contributed by atoms with Gasteiger partial charge in [0.2, 0.25) is 5.52 Å². The van der Waals surface area contributed by atoms with Crippen molar-refractivity contribution in [2.45, 2.75) is 0 Å². The van der Waals surface area contributed by atoms with Crippen LogP contribution in [-0.2, 0) is 14.3 Å². The van der Waals surface area contributed by atoms with E-state index >= 15 is 0 Å². The van der Waals surface area contributed by atoms with Gasteiger partial charge in [0.05, 0.1) is 12.5 Å². The highest BCUT2D eigenvalue weighted by Gasteiger charge is 2.26. The van der Waals surface area contributed by atoms with Crippen LogP contribution >= 0.6 is 0 Å². The Bertz CT molecular complexity index is 960. The Morgan fingerprint density at radius 3 is 2.39 bits per heavy atom. The number of carboxylic acid groups (broad SMARTS) is 1. The maximum atomic E-state index is 12.1. The first kappa shape index (κ1) is 14.7. The Morgan fingerprint density at radius 2 is 1.70 bits per heavy atom. The van der Waals surface area contributed by atoms with E-state index in [9.17, 15) is 9.59 Å². The monoisotopic (exact) mass is 308 g/mol. The summed E-state index contributed by atoms with van der Waals surface area (Å²) >= 11 is 0. The number of aliphatic carboxylic acids is 1. The van der Waals surface area contributed by atoms with E-state index in [0.717, 1.165) is 27.8 Å². The van der Waals surface area contributed by atoms with Gasteiger partial charge in [-0.05, 0) is 12.1 Å². The minimum Gasteiger partial charge on any atom is -0.478 e. The number of nitrogens with zero attached hydrogens (tertiary/aromatic N) is 1. The molecule has 23 heavy (non-hydrogen) atoms. The predicted molar refractivity (Wildman–Crippen MR) is 85.6 cm³/mol. The summed E-state index contributed by atoms with van der Waals surface area (Å²) in [6, 6.07) is 15.2. The molecule has 5 nitrogen and oxygen atoms in total. The molecule has 0 radical (unpaired) electrons. The van der Waals surface area contributed by atoms with Crippen molar-refractivity contribution in [3.63, 3.8) is 0 Å². The zero-order valence-corrected chi connectivity index (χ0v) is 12.4. The fraction of sp³-hybridized carbons (Fsp3) is 0.0556. The van der Waals surface area contributed by atoms with Crippen LogP contribution in [-0.4, -0.2) is 24.2 Å². The maximum Gasteiger partial charge on any atom is 0.404 e. The summed E-state index contributed by atoms with van der Waals surface area (Å²) in [4.78, 5) is 23.2. The molecule has 3 aromatic rings. The van der Waals surface area contributed by atoms with Crippen LogP contribution in [0.15, 0.2) is 60.8 Å². The number of pyridine rings is 1. The number of rotatable bonds is 3. The van der Waals surface area contributed by atoms with Gasteiger partial charge >= 0.3 is 17.6 Å². The lowest BCUT2D eigenvalue weighted by molar-refractivity contribution is -0.548. The molecule has 2 aromatic carbocycles. The second-order valence-electron chi connectivity index (χ2n) is 4.96. The zero-order valence-electron chi connectivity index (χ0n) is 12.4. The number of benzene rings is 2. The quantitative estimate of drug-likeness (QED) is 0.349. The number of esters is 1. The summed E-state index contributed by atoms with van der Waals surface area (Å²) in [5.41, 5.74) is 0.672. The number of methoxy groups -OCH3 is 1. The maximum absolute atomic E-state index is 12.1. The van der Waals surface area contributed by atoms with E-state index in [1.165, 1.54) is 7.11 Å². The Hall–Kier alpha value is -3.21. The highest BCUT2D eigenvalue weighted by Crippen LogP contribution is 2.23. The number of aromatic nitrogens is 1. The molecule has 1 aromatic heterocycles. The number of carbonyl (C=O) groups excluding carboxylic acids is 1. The van der Waals surface area contributed by atoms with Gasteiger partial charge in [-0.2, -0.15) is 4.57 Å². The van der Waals surface area contributed by atoms with E-state index in [0.29, 0.717) is 0 Å². The van der Waals surface area contributed by atoms with Crippen LogP contribution in [0, 0.1) is 0 Å². The van der Waals surface area contributed by atoms with Crippen LogP contribution in [0.1, 0.15) is 0 Å². The molecule has 0 saturated carbocycles. The van der Waals surface area contributed by atoms with Crippen molar-refractivity contribution in [1.29, 1.82) is 0 Å². The molecule has 0 unspecified atom stereocenters. The number of hydrogen-bond donors (Lipinski definition) is 1. The summed E-state index contributed by atoms with van der Waals surface area (Å²) in [7, 11) is 1.22. The molecule has 0 aliphatic heterocycles. The second kappa shape index (κ2) is 5.88. The fourth-order valence-corrected chi connectivity index (χ4v) is 2.62. The van der Waals surface area contributed by atoms with Crippen molar-refractivity contribution < 1.29 is 24.0 Å². The average molecular weight is 308 g/mol. The van der Waals surface area contributed by atoms with Crippen molar-refractivity contribution in [1.82, 2.24) is 0 Å². The van der Waals surface area contributed by atoms with Gasteiger partial charge in [0.15, 0.2) is 6.20 Å². The molecular weight excluding hydrogens is 294 g/mol. The molecule has 0 spiro atoms. The molecular formula is C18H14NO4+. The standard InChI is InChI=1S/C18H13NO4/c1-23-18(22)16(10-17(20)21)19-11-12-6-2-3-7-13(12)14-8-4-5-9-15(14)19/h2-11H,1H3/p+1. The summed E-state index contributed by atoms with van der Waals surface area (Å²) in [6.07, 6.45) is 2.59. The molecule has 0 saturated heterocycles. The molecule has 1 N–H and O–H groups in total. The molecule has 0 amide bonds. The first-order chi connectivity index (χ1) is 11.1. The van der Waals surface area contributed by atoms with Crippen LogP contribution in [0.2, 0.25) is 0 Å². The number of carbonyl (C=O) groups is 2. The van der Waals surface area contributed by atoms with Crippen LogP contribution in [0.5, 0.6) is 0 Å². The summed E-state index contributed by atoms with van der Waals surface area (Å²) in [5, 5.41) is 11.9. The van der Waals surface area contributed by atoms with Gasteiger partial charge in [-0.1, -0.05) is 30.3 Å². The number of para-hydroxylation sites is 1. The lowest BCUT2D eigenvalue weighted by Crippen LogP contribution is -2.38. The number of carboxylic acids is 1. The van der Waals surface area contributed by atoms with Crippen molar-refractivity contribution >= 4 is 39.3 Å². The zero-order chi connectivity index (χ0) is 16.4. The predicted octanol–water partition coefficient (Wildman–Crippen LogP) is 2.38. The normalized spacial score (nSPS) is 11.6. The Labute approximate surface area is 132 Å². The van der Waals surface area contributed by atoms with Crippen LogP contribution in [0.4, 0.5) is 0 Å². The van der Waals surface area contributed by atoms with Crippen molar-refractivity contribution in [3.8, 4) is 0 Å². The van der Waals surface area contributed by atoms with Gasteiger partial charge in [0, 0.05) is 16.8 Å². The lowest BCUT2D eigenvalue weighted by Gasteiger charge is -2.06. The Balaban J connectivity index is 2.43. The van der Waals surface area contributed by atoms with Crippen LogP contribution < -0.4 is 4.57 Å². The third-order valence-electron chi connectivity index (χ3n) is 3.60. The number of ether oxygens (including phenoxy) is 1. The van der Waals surface area contributed by atoms with E-state index < -0.39 is 11.9 Å². The van der Waals surface area contributed by atoms with Gasteiger partial charge in [-0.3, -0.25) is 0 Å². The van der Waals surface area contributed by atoms with E-state index in [4.69, 9.17) is 9.84 Å². The molecule has 0 aliphatic carbocycles. The minimum absolute atomic E-state index is 0.0537. The van der Waals surface area contributed by atoms with Crippen molar-refractivity contribution in [2.24, 2.45) is 0 Å². The molecule has 0 atom stereocenters. The molecule has 0 bridgehead atoms. The SMILES string of the molecule is COC(=O)C(=CC(=O)O)[n+]1cc2ccccc2c2ccccc21. The Kier molecular flexibility index (Phi) is 3.76. The molecule has 114 valence electrons. The first-order valence-electron chi connectivity index (χ1n) is 6.97. The second-order valence-corrected chi connectivity index (χ2v) is 4.96.